The van der Waals surface area contributed by atoms with Crippen LogP contribution in [0.3, 0.4) is 0 Å². The van der Waals surface area contributed by atoms with E-state index in [-0.39, 0.29) is 92.4 Å². The van der Waals surface area contributed by atoms with Crippen molar-refractivity contribution in [3.05, 3.63) is 136 Å². The summed E-state index contributed by atoms with van der Waals surface area (Å²) < 4.78 is 154. The molecule has 1 N–H and O–H groups in total. The molecule has 0 fully saturated rings. The van der Waals surface area contributed by atoms with Crippen LogP contribution in [-0.4, -0.2) is 30.9 Å². The van der Waals surface area contributed by atoms with Gasteiger partial charge in [-0.05, 0) is 107 Å². The molecule has 0 bridgehead atoms. The molecule has 6 atom stereocenters. The smallest absolute Gasteiger partial charge is 0.282 e. The normalized spacial score (nSPS) is 24.5. The Bertz CT molecular complexity index is 2450. The first-order chi connectivity index (χ1) is 27.8. The largest absolute Gasteiger partial charge is 0.382 e. The topological polar surface area (TPSA) is 86.3 Å². The van der Waals surface area contributed by atoms with Gasteiger partial charge in [-0.3, -0.25) is 0 Å². The lowest BCUT2D eigenvalue weighted by Gasteiger charge is -2.31. The number of halogens is 12. The van der Waals surface area contributed by atoms with Crippen molar-refractivity contribution in [2.75, 3.05) is 13.9 Å². The molecular weight excluding hydrogens is 841 g/mol. The molecule has 59 heavy (non-hydrogen) atoms. The van der Waals surface area contributed by atoms with Crippen LogP contribution < -0.4 is 0 Å². The molecule has 310 valence electrons. The summed E-state index contributed by atoms with van der Waals surface area (Å²) in [6, 6.07) is 9.59. The van der Waals surface area contributed by atoms with Crippen molar-refractivity contribution in [2.45, 2.75) is 86.8 Å². The van der Waals surface area contributed by atoms with Gasteiger partial charge in [-0.2, -0.15) is 10.5 Å². The van der Waals surface area contributed by atoms with E-state index in [9.17, 15) is 59.5 Å². The number of methoxy groups -OCH3 is 1. The number of hydrogen-bond donors (Lipinski definition) is 1. The first-order valence-electron chi connectivity index (χ1n) is 18.2. The van der Waals surface area contributed by atoms with Crippen LogP contribution in [0.2, 0.25) is 10.0 Å². The summed E-state index contributed by atoms with van der Waals surface area (Å²) in [5.74, 6) is -11.9. The highest BCUT2D eigenvalue weighted by atomic mass is 35.5. The van der Waals surface area contributed by atoms with E-state index in [0.717, 1.165) is 36.4 Å². The Kier molecular flexibility index (Phi) is 11.5. The van der Waals surface area contributed by atoms with Gasteiger partial charge in [0, 0.05) is 42.9 Å². The number of nitrogens with zero attached hydrogens (tertiary/aromatic N) is 2. The van der Waals surface area contributed by atoms with E-state index in [1.165, 1.54) is 7.11 Å². The molecular formula is C42H30Cl2F10N2O3. The van der Waals surface area contributed by atoms with E-state index >= 15 is 0 Å². The van der Waals surface area contributed by atoms with Gasteiger partial charge in [-0.15, -0.1) is 0 Å². The Morgan fingerprint density at radius 3 is 1.56 bits per heavy atom. The molecule has 17 heteroatoms. The predicted octanol–water partition coefficient (Wildman–Crippen LogP) is 11.9. The fourth-order valence-electron chi connectivity index (χ4n) is 9.01. The second-order valence-corrected chi connectivity index (χ2v) is 15.6. The Morgan fingerprint density at radius 1 is 0.661 bits per heavy atom. The van der Waals surface area contributed by atoms with E-state index in [4.69, 9.17) is 32.7 Å². The van der Waals surface area contributed by atoms with Gasteiger partial charge < -0.3 is 14.6 Å². The highest BCUT2D eigenvalue weighted by Crippen LogP contribution is 2.55. The van der Waals surface area contributed by atoms with Gasteiger partial charge >= 0.3 is 0 Å². The number of aliphatic hydroxyl groups excluding tert-OH is 1. The zero-order valence-corrected chi connectivity index (χ0v) is 32.1. The highest BCUT2D eigenvalue weighted by molar-refractivity contribution is 6.32. The lowest BCUT2D eigenvalue weighted by molar-refractivity contribution is -0.169. The summed E-state index contributed by atoms with van der Waals surface area (Å²) in [7, 11) is 1.27. The first kappa shape index (κ1) is 42.7. The number of hydrogen-bond acceptors (Lipinski definition) is 5. The molecule has 4 aliphatic rings. The average molecular weight is 872 g/mol. The minimum atomic E-state index is -3.53. The zero-order chi connectivity index (χ0) is 42.9. The van der Waals surface area contributed by atoms with Crippen molar-refractivity contribution in [3.8, 4) is 12.1 Å². The summed E-state index contributed by atoms with van der Waals surface area (Å²) in [6.45, 7) is -0.449. The number of benzene rings is 4. The van der Waals surface area contributed by atoms with Gasteiger partial charge in [0.05, 0.1) is 33.3 Å². The van der Waals surface area contributed by atoms with E-state index in [1.807, 2.05) is 12.1 Å². The number of fused-ring (bicyclic) bond motifs is 4. The quantitative estimate of drug-likeness (QED) is 0.159. The summed E-state index contributed by atoms with van der Waals surface area (Å²) in [5.41, 5.74) is -0.122. The van der Waals surface area contributed by atoms with Crippen LogP contribution in [0.15, 0.2) is 36.4 Å². The minimum Gasteiger partial charge on any atom is -0.382 e. The molecule has 0 saturated carbocycles. The molecule has 8 rings (SSSR count). The summed E-state index contributed by atoms with van der Waals surface area (Å²) in [4.78, 5) is 0. The SMILES string of the molecule is COCO[C@H]1c2c(Cl)c(F)cc([C@H]3CC[C@H](F)c4cc(F)cc(C#N)c43)c2CC1(F)F.N#Cc1cc(F)cc2c1[C@@H](c1cc(F)c(Cl)c3c1CC(F)(F)[C@H]3O)CC[C@@H]2F. The van der Waals surface area contributed by atoms with Crippen LogP contribution in [-0.2, 0) is 22.3 Å². The lowest BCUT2D eigenvalue weighted by Crippen LogP contribution is -2.25. The van der Waals surface area contributed by atoms with Crippen molar-refractivity contribution in [1.82, 2.24) is 0 Å². The van der Waals surface area contributed by atoms with E-state index in [0.29, 0.717) is 0 Å². The third kappa shape index (κ3) is 7.33. The van der Waals surface area contributed by atoms with E-state index in [2.05, 4.69) is 0 Å². The molecule has 4 aromatic rings. The van der Waals surface area contributed by atoms with Crippen molar-refractivity contribution in [2.24, 2.45) is 0 Å². The van der Waals surface area contributed by atoms with Crippen LogP contribution in [0.4, 0.5) is 43.9 Å². The fraction of sp³-hybridized carbons (Fsp3) is 0.381. The van der Waals surface area contributed by atoms with Gasteiger partial charge in [0.1, 0.15) is 48.5 Å². The third-order valence-corrected chi connectivity index (χ3v) is 12.2. The predicted molar refractivity (Wildman–Crippen MR) is 193 cm³/mol. The van der Waals surface area contributed by atoms with Crippen LogP contribution in [0.1, 0.15) is 129 Å². The van der Waals surface area contributed by atoms with Crippen LogP contribution >= 0.6 is 23.2 Å². The number of alkyl halides is 6. The van der Waals surface area contributed by atoms with Gasteiger partial charge in [0.25, 0.3) is 11.8 Å². The van der Waals surface area contributed by atoms with Gasteiger partial charge in [-0.25, -0.2) is 43.9 Å². The van der Waals surface area contributed by atoms with Crippen LogP contribution in [0.5, 0.6) is 0 Å². The summed E-state index contributed by atoms with van der Waals surface area (Å²) in [6.07, 6.45) is -8.54. The van der Waals surface area contributed by atoms with Crippen molar-refractivity contribution < 1.29 is 58.5 Å². The molecule has 0 spiro atoms. The van der Waals surface area contributed by atoms with E-state index in [1.54, 1.807) is 0 Å². The van der Waals surface area contributed by atoms with Gasteiger partial charge in [0.15, 0.2) is 6.10 Å². The van der Waals surface area contributed by atoms with Crippen molar-refractivity contribution in [1.29, 1.82) is 10.5 Å². The second kappa shape index (κ2) is 15.9. The molecule has 4 aromatic carbocycles. The Labute approximate surface area is 340 Å². The standard InChI is InChI=1S/C22H17ClF5NO2.C20H13ClF5NO/c1-30-9-31-21-19-15(7-22(21,27)28)13(6-17(26)20(19)23)12-2-3-16(25)14-5-11(24)4-10(8-29)18(12)14;21-18-15(24)5-11(13-6-20(25,26)19(28)17(13)18)10-1-2-14(23)12-4-9(22)3-8(7-27)16(10)12/h4-6,12,16,21H,2-3,7,9H2,1H3;3-5,10,14,19,28H,1-2,6H2/t12-,16+,21+;10-,14+,19+/m11/s1. The maximum atomic E-state index is 14.8. The summed E-state index contributed by atoms with van der Waals surface area (Å²) in [5, 5.41) is 27.8. The molecule has 0 heterocycles. The number of aliphatic hydroxyl groups is 1. The minimum absolute atomic E-state index is 0.00891. The molecule has 4 aliphatic carbocycles. The van der Waals surface area contributed by atoms with E-state index < -0.39 is 101 Å². The number of nitriles is 2. The number of ether oxygens (including phenoxy) is 2. The molecule has 0 saturated heterocycles. The molecule has 0 aromatic heterocycles. The molecule has 0 unspecified atom stereocenters. The van der Waals surface area contributed by atoms with Crippen molar-refractivity contribution >= 4 is 23.2 Å². The molecule has 0 aliphatic heterocycles. The van der Waals surface area contributed by atoms with Crippen LogP contribution in [0, 0.1) is 45.9 Å². The monoisotopic (exact) mass is 870 g/mol. The van der Waals surface area contributed by atoms with Gasteiger partial charge in [-0.1, -0.05) is 23.2 Å². The number of rotatable bonds is 5. The second-order valence-electron chi connectivity index (χ2n) is 14.9. The Morgan fingerprint density at radius 2 is 1.10 bits per heavy atom. The molecule has 0 amide bonds. The maximum absolute atomic E-state index is 14.8. The van der Waals surface area contributed by atoms with Gasteiger partial charge in [0.2, 0.25) is 0 Å². The lowest BCUT2D eigenvalue weighted by atomic mass is 9.74. The third-order valence-electron chi connectivity index (χ3n) is 11.4. The fourth-order valence-corrected chi connectivity index (χ4v) is 9.55. The zero-order valence-electron chi connectivity index (χ0n) is 30.6. The average Bonchev–Trinajstić information content (AvgIpc) is 3.60. The molecule has 0 radical (unpaired) electrons. The maximum Gasteiger partial charge on any atom is 0.282 e. The van der Waals surface area contributed by atoms with Crippen LogP contribution in [0.25, 0.3) is 0 Å². The Balaban J connectivity index is 0.000000180. The highest BCUT2D eigenvalue weighted by Gasteiger charge is 2.53. The first-order valence-corrected chi connectivity index (χ1v) is 18.9. The van der Waals surface area contributed by atoms with Crippen molar-refractivity contribution in [3.63, 3.8) is 0 Å². The summed E-state index contributed by atoms with van der Waals surface area (Å²) >= 11 is 11.9. The Hall–Kier alpha value is -4.38. The molecule has 5 nitrogen and oxygen atoms in total.